The first-order valence-corrected chi connectivity index (χ1v) is 6.41. The minimum Gasteiger partial charge on any atom is -0.480 e. The first-order valence-electron chi connectivity index (χ1n) is 5.26. The first-order chi connectivity index (χ1) is 7.43. The summed E-state index contributed by atoms with van der Waals surface area (Å²) < 4.78 is 0. The van der Waals surface area contributed by atoms with E-state index < -0.39 is 12.0 Å². The van der Waals surface area contributed by atoms with Gasteiger partial charge >= 0.3 is 5.97 Å². The Morgan fingerprint density at radius 2 is 2.06 bits per heavy atom. The molecule has 0 bridgehead atoms. The van der Waals surface area contributed by atoms with Crippen LogP contribution in [0.15, 0.2) is 0 Å². The molecule has 0 spiro atoms. The van der Waals surface area contributed by atoms with Gasteiger partial charge in [-0.15, -0.1) is 11.8 Å². The van der Waals surface area contributed by atoms with Crippen LogP contribution < -0.4 is 11.1 Å². The predicted octanol–water partition coefficient (Wildman–Crippen LogP) is 0.294. The molecule has 0 aliphatic carbocycles. The summed E-state index contributed by atoms with van der Waals surface area (Å²) in [5.41, 5.74) is 5.29. The number of amides is 1. The van der Waals surface area contributed by atoms with Gasteiger partial charge < -0.3 is 16.2 Å². The molecule has 0 rings (SSSR count). The lowest BCUT2D eigenvalue weighted by Crippen LogP contribution is -2.33. The molecule has 0 saturated heterocycles. The molecular weight excluding hydrogens is 228 g/mol. The summed E-state index contributed by atoms with van der Waals surface area (Å²) in [6, 6.07) is -0.895. The van der Waals surface area contributed by atoms with E-state index in [1.165, 1.54) is 11.8 Å². The summed E-state index contributed by atoms with van der Waals surface area (Å²) >= 11 is 1.24. The molecule has 1 atom stereocenters. The summed E-state index contributed by atoms with van der Waals surface area (Å²) in [7, 11) is 0. The van der Waals surface area contributed by atoms with Crippen molar-refractivity contribution < 1.29 is 14.7 Å². The molecule has 0 aliphatic rings. The number of carboxylic acids is 1. The third-order valence-corrected chi connectivity index (χ3v) is 2.95. The molecule has 16 heavy (non-hydrogen) atoms. The lowest BCUT2D eigenvalue weighted by Gasteiger charge is -2.08. The van der Waals surface area contributed by atoms with E-state index in [9.17, 15) is 9.59 Å². The highest BCUT2D eigenvalue weighted by Crippen LogP contribution is 2.02. The Balaban J connectivity index is 3.47. The Labute approximate surface area is 100 Å². The Kier molecular flexibility index (Phi) is 8.01. The van der Waals surface area contributed by atoms with Crippen molar-refractivity contribution in [2.75, 3.05) is 18.1 Å². The van der Waals surface area contributed by atoms with E-state index in [0.29, 0.717) is 12.5 Å². The van der Waals surface area contributed by atoms with Gasteiger partial charge in [0.05, 0.1) is 5.75 Å². The third kappa shape index (κ3) is 8.55. The minimum atomic E-state index is -1.03. The highest BCUT2D eigenvalue weighted by atomic mass is 32.2. The molecule has 1 amide bonds. The normalized spacial score (nSPS) is 12.5. The lowest BCUT2D eigenvalue weighted by atomic mass is 10.1. The topological polar surface area (TPSA) is 92.4 Å². The molecule has 94 valence electrons. The van der Waals surface area contributed by atoms with Gasteiger partial charge in [-0.1, -0.05) is 13.8 Å². The molecule has 0 aromatic carbocycles. The molecule has 0 heterocycles. The first kappa shape index (κ1) is 15.2. The molecule has 1 unspecified atom stereocenters. The van der Waals surface area contributed by atoms with E-state index in [4.69, 9.17) is 10.8 Å². The molecule has 0 aromatic rings. The summed E-state index contributed by atoms with van der Waals surface area (Å²) in [6.45, 7) is 4.85. The fraction of sp³-hybridized carbons (Fsp3) is 0.800. The van der Waals surface area contributed by atoms with Gasteiger partial charge in [-0.2, -0.15) is 0 Å². The molecule has 0 fully saturated rings. The zero-order chi connectivity index (χ0) is 12.6. The largest absolute Gasteiger partial charge is 0.480 e. The van der Waals surface area contributed by atoms with E-state index in [1.54, 1.807) is 0 Å². The molecule has 4 N–H and O–H groups in total. The summed E-state index contributed by atoms with van der Waals surface area (Å²) in [4.78, 5) is 21.6. The van der Waals surface area contributed by atoms with Gasteiger partial charge in [0.25, 0.3) is 0 Å². The van der Waals surface area contributed by atoms with E-state index in [2.05, 4.69) is 19.2 Å². The second kappa shape index (κ2) is 8.41. The van der Waals surface area contributed by atoms with Crippen LogP contribution >= 0.6 is 11.8 Å². The third-order valence-electron chi connectivity index (χ3n) is 1.89. The van der Waals surface area contributed by atoms with Crippen LogP contribution in [0.2, 0.25) is 0 Å². The molecule has 6 heteroatoms. The molecule has 0 saturated carbocycles. The maximum absolute atomic E-state index is 11.3. The molecule has 0 aliphatic heterocycles. The number of carbonyl (C=O) groups excluding carboxylic acids is 1. The Morgan fingerprint density at radius 1 is 1.44 bits per heavy atom. The van der Waals surface area contributed by atoms with Crippen LogP contribution in [0.3, 0.4) is 0 Å². The fourth-order valence-electron chi connectivity index (χ4n) is 0.901. The minimum absolute atomic E-state index is 0.0664. The van der Waals surface area contributed by atoms with Crippen LogP contribution in [-0.2, 0) is 9.59 Å². The van der Waals surface area contributed by atoms with Gasteiger partial charge in [-0.25, -0.2) is 0 Å². The number of carboxylic acid groups (broad SMARTS) is 1. The monoisotopic (exact) mass is 248 g/mol. The van der Waals surface area contributed by atoms with E-state index in [-0.39, 0.29) is 17.4 Å². The van der Waals surface area contributed by atoms with Gasteiger partial charge in [0, 0.05) is 12.3 Å². The number of rotatable bonds is 8. The van der Waals surface area contributed by atoms with Crippen molar-refractivity contribution in [3.8, 4) is 0 Å². The van der Waals surface area contributed by atoms with Crippen LogP contribution in [0.5, 0.6) is 0 Å². The standard InChI is InChI=1S/C10H20N2O3S/c1-7(2)3-4-12-9(13)6-16-5-8(11)10(14)15/h7-8H,3-6,11H2,1-2H3,(H,12,13)(H,14,15). The SMILES string of the molecule is CC(C)CCNC(=O)CSCC(N)C(=O)O. The van der Waals surface area contributed by atoms with E-state index in [1.807, 2.05) is 0 Å². The number of carbonyl (C=O) groups is 2. The van der Waals surface area contributed by atoms with Crippen molar-refractivity contribution in [2.45, 2.75) is 26.3 Å². The predicted molar refractivity (Wildman–Crippen MR) is 65.4 cm³/mol. The van der Waals surface area contributed by atoms with Crippen molar-refractivity contribution in [3.05, 3.63) is 0 Å². The number of aliphatic carboxylic acids is 1. The van der Waals surface area contributed by atoms with Crippen molar-refractivity contribution in [3.63, 3.8) is 0 Å². The van der Waals surface area contributed by atoms with Gasteiger partial charge in [-0.05, 0) is 12.3 Å². The van der Waals surface area contributed by atoms with Crippen molar-refractivity contribution in [1.29, 1.82) is 0 Å². The second-order valence-electron chi connectivity index (χ2n) is 3.99. The molecule has 0 aromatic heterocycles. The number of hydrogen-bond donors (Lipinski definition) is 3. The average molecular weight is 248 g/mol. The van der Waals surface area contributed by atoms with Gasteiger partial charge in [-0.3, -0.25) is 9.59 Å². The highest BCUT2D eigenvalue weighted by molar-refractivity contribution is 8.00. The fourth-order valence-corrected chi connectivity index (χ4v) is 1.70. The molecular formula is C10H20N2O3S. The van der Waals surface area contributed by atoms with Gasteiger partial charge in [0.1, 0.15) is 6.04 Å². The van der Waals surface area contributed by atoms with Crippen LogP contribution in [0.1, 0.15) is 20.3 Å². The number of hydrogen-bond acceptors (Lipinski definition) is 4. The maximum Gasteiger partial charge on any atom is 0.321 e. The van der Waals surface area contributed by atoms with Crippen LogP contribution in [0.25, 0.3) is 0 Å². The Morgan fingerprint density at radius 3 is 2.56 bits per heavy atom. The van der Waals surface area contributed by atoms with Gasteiger partial charge in [0.15, 0.2) is 0 Å². The highest BCUT2D eigenvalue weighted by Gasteiger charge is 2.11. The van der Waals surface area contributed by atoms with Crippen molar-refractivity contribution in [1.82, 2.24) is 5.32 Å². The number of nitrogens with one attached hydrogen (secondary N) is 1. The number of nitrogens with two attached hydrogens (primary N) is 1. The summed E-state index contributed by atoms with van der Waals surface area (Å²) in [5, 5.41) is 11.3. The average Bonchev–Trinajstić information content (AvgIpc) is 2.16. The lowest BCUT2D eigenvalue weighted by molar-refractivity contribution is -0.138. The molecule has 0 radical (unpaired) electrons. The Hall–Kier alpha value is -0.750. The van der Waals surface area contributed by atoms with Crippen LogP contribution in [0, 0.1) is 5.92 Å². The molecule has 5 nitrogen and oxygen atoms in total. The van der Waals surface area contributed by atoms with Crippen molar-refractivity contribution in [2.24, 2.45) is 11.7 Å². The zero-order valence-electron chi connectivity index (χ0n) is 9.73. The Bertz CT molecular complexity index is 234. The van der Waals surface area contributed by atoms with E-state index in [0.717, 1.165) is 6.42 Å². The van der Waals surface area contributed by atoms with Crippen LogP contribution in [-0.4, -0.2) is 41.1 Å². The summed E-state index contributed by atoms with van der Waals surface area (Å²) in [6.07, 6.45) is 0.949. The smallest absolute Gasteiger partial charge is 0.321 e. The summed E-state index contributed by atoms with van der Waals surface area (Å²) in [5.74, 6) is -0.0178. The number of thioether (sulfide) groups is 1. The van der Waals surface area contributed by atoms with E-state index >= 15 is 0 Å². The second-order valence-corrected chi connectivity index (χ2v) is 5.02. The van der Waals surface area contributed by atoms with Gasteiger partial charge in [0.2, 0.25) is 5.91 Å². The maximum atomic E-state index is 11.3. The van der Waals surface area contributed by atoms with Crippen molar-refractivity contribution >= 4 is 23.6 Å². The quantitative estimate of drug-likeness (QED) is 0.574. The van der Waals surface area contributed by atoms with Crippen LogP contribution in [0.4, 0.5) is 0 Å². The zero-order valence-corrected chi connectivity index (χ0v) is 10.5.